The number of fused-ring (bicyclic) bond motifs is 13. The van der Waals surface area contributed by atoms with Crippen LogP contribution in [0.1, 0.15) is 0 Å². The molecule has 9 aromatic carbocycles. The molecule has 0 aliphatic rings. The third-order valence-corrected chi connectivity index (χ3v) is 11.9. The third kappa shape index (κ3) is 4.28. The highest BCUT2D eigenvalue weighted by Gasteiger charge is 2.21. The summed E-state index contributed by atoms with van der Waals surface area (Å²) in [7, 11) is 0. The maximum Gasteiger partial charge on any atom is 0.235 e. The van der Waals surface area contributed by atoms with Gasteiger partial charge in [-0.05, 0) is 71.4 Å². The Morgan fingerprint density at radius 3 is 1.93 bits per heavy atom. The minimum absolute atomic E-state index is 0.636. The van der Waals surface area contributed by atoms with Crippen molar-refractivity contribution in [2.45, 2.75) is 0 Å². The third-order valence-electron chi connectivity index (χ3n) is 11.9. The van der Waals surface area contributed by atoms with Gasteiger partial charge in [0.25, 0.3) is 0 Å². The molecule has 4 heterocycles. The zero-order valence-electron chi connectivity index (χ0n) is 30.5. The van der Waals surface area contributed by atoms with E-state index in [9.17, 15) is 0 Å². The second kappa shape index (κ2) is 11.4. The van der Waals surface area contributed by atoms with E-state index in [0.717, 1.165) is 77.0 Å². The summed E-state index contributed by atoms with van der Waals surface area (Å²) in [6.07, 6.45) is 0. The second-order valence-corrected chi connectivity index (χ2v) is 15.0. The smallest absolute Gasteiger partial charge is 0.235 e. The van der Waals surface area contributed by atoms with E-state index in [2.05, 4.69) is 179 Å². The number of rotatable bonds is 3. The summed E-state index contributed by atoms with van der Waals surface area (Å²) in [5.41, 5.74) is 10.2. The summed E-state index contributed by atoms with van der Waals surface area (Å²) in [5, 5.41) is 12.8. The van der Waals surface area contributed by atoms with Crippen LogP contribution in [-0.2, 0) is 0 Å². The predicted octanol–water partition coefficient (Wildman–Crippen LogP) is 13.7. The Kier molecular flexibility index (Phi) is 6.10. The zero-order chi connectivity index (χ0) is 37.2. The van der Waals surface area contributed by atoms with Crippen LogP contribution in [0.5, 0.6) is 0 Å². The molecule has 0 saturated carbocycles. The summed E-state index contributed by atoms with van der Waals surface area (Å²) in [5.74, 6) is 0.636. The maximum atomic E-state index is 6.20. The van der Waals surface area contributed by atoms with E-state index in [4.69, 9.17) is 14.4 Å². The molecule has 0 N–H and O–H groups in total. The first-order chi connectivity index (χ1) is 28.3. The van der Waals surface area contributed by atoms with Gasteiger partial charge in [0.1, 0.15) is 11.2 Å². The lowest BCUT2D eigenvalue weighted by Crippen LogP contribution is -2.03. The molecule has 0 amide bonds. The Labute approximate surface area is 325 Å². The van der Waals surface area contributed by atoms with Crippen LogP contribution in [0.2, 0.25) is 0 Å². The molecule has 13 rings (SSSR count). The van der Waals surface area contributed by atoms with Crippen molar-refractivity contribution in [2.75, 3.05) is 0 Å². The molecular formula is C52H30N4O. The first-order valence-electron chi connectivity index (χ1n) is 19.3. The minimum Gasteiger partial charge on any atom is -0.456 e. The number of furan rings is 1. The van der Waals surface area contributed by atoms with E-state index < -0.39 is 0 Å². The molecule has 13 aromatic rings. The Hall–Kier alpha value is -7.76. The fraction of sp³-hybridized carbons (Fsp3) is 0. The SMILES string of the molecule is c1cc(-n2c3ccccc3c3ccc4ccccc4c32)c2cc3c4ccccc4n(-c4nc(-c5ccc6oc7ccccc7c6c5)c5ccccc5n4)c3cc2c1. The maximum absolute atomic E-state index is 6.20. The first-order valence-corrected chi connectivity index (χ1v) is 19.3. The largest absolute Gasteiger partial charge is 0.456 e. The summed E-state index contributed by atoms with van der Waals surface area (Å²) in [4.78, 5) is 10.7. The highest BCUT2D eigenvalue weighted by atomic mass is 16.3. The molecule has 0 aliphatic carbocycles. The van der Waals surface area contributed by atoms with Gasteiger partial charge in [0.15, 0.2) is 0 Å². The quantitative estimate of drug-likeness (QED) is 0.182. The van der Waals surface area contributed by atoms with Crippen LogP contribution in [0, 0.1) is 0 Å². The van der Waals surface area contributed by atoms with E-state index in [0.29, 0.717) is 5.95 Å². The molecule has 5 heteroatoms. The van der Waals surface area contributed by atoms with Crippen molar-refractivity contribution in [3.63, 3.8) is 0 Å². The Bertz CT molecular complexity index is 3830. The predicted molar refractivity (Wildman–Crippen MR) is 236 cm³/mol. The molecule has 0 spiro atoms. The first kappa shape index (κ1) is 30.6. The molecule has 0 radical (unpaired) electrons. The average Bonchev–Trinajstić information content (AvgIpc) is 3.92. The van der Waals surface area contributed by atoms with Crippen molar-refractivity contribution >= 4 is 98.0 Å². The molecule has 4 aromatic heterocycles. The van der Waals surface area contributed by atoms with Crippen LogP contribution >= 0.6 is 0 Å². The fourth-order valence-electron chi connectivity index (χ4n) is 9.37. The van der Waals surface area contributed by atoms with E-state index in [1.807, 2.05) is 12.1 Å². The molecule has 0 aliphatic heterocycles. The average molecular weight is 727 g/mol. The molecule has 5 nitrogen and oxygen atoms in total. The number of hydrogen-bond donors (Lipinski definition) is 0. The molecule has 0 bridgehead atoms. The van der Waals surface area contributed by atoms with Crippen LogP contribution in [0.3, 0.4) is 0 Å². The molecule has 57 heavy (non-hydrogen) atoms. The molecular weight excluding hydrogens is 697 g/mol. The normalized spacial score (nSPS) is 12.2. The fourth-order valence-corrected chi connectivity index (χ4v) is 9.37. The van der Waals surface area contributed by atoms with Crippen molar-refractivity contribution in [2.24, 2.45) is 0 Å². The van der Waals surface area contributed by atoms with Gasteiger partial charge in [-0.3, -0.25) is 4.57 Å². The topological polar surface area (TPSA) is 48.8 Å². The van der Waals surface area contributed by atoms with Gasteiger partial charge in [-0.25, -0.2) is 9.97 Å². The van der Waals surface area contributed by atoms with Crippen molar-refractivity contribution in [3.05, 3.63) is 182 Å². The molecule has 264 valence electrons. The standard InChI is InChI=1S/C52H30N4O/c1-2-14-34-31(12-1)24-26-38-35-15-4-8-20-44(35)55(51(34)38)46-22-11-13-32-29-47-41(30-40(32)46)36-16-5-9-21-45(36)56(47)52-53-43-19-7-3-18-39(43)50(54-52)33-25-27-49-42(28-33)37-17-6-10-23-48(37)57-49/h1-30H. The van der Waals surface area contributed by atoms with Crippen molar-refractivity contribution in [3.8, 4) is 22.9 Å². The van der Waals surface area contributed by atoms with Crippen LogP contribution in [-0.4, -0.2) is 19.1 Å². The van der Waals surface area contributed by atoms with Gasteiger partial charge in [0, 0.05) is 54.0 Å². The summed E-state index contributed by atoms with van der Waals surface area (Å²) in [6.45, 7) is 0. The van der Waals surface area contributed by atoms with Crippen LogP contribution in [0.25, 0.3) is 121 Å². The van der Waals surface area contributed by atoms with Gasteiger partial charge in [-0.1, -0.05) is 121 Å². The van der Waals surface area contributed by atoms with E-state index in [1.54, 1.807) is 0 Å². The monoisotopic (exact) mass is 726 g/mol. The lowest BCUT2D eigenvalue weighted by atomic mass is 10.0. The van der Waals surface area contributed by atoms with Gasteiger partial charge in [0.05, 0.1) is 39.0 Å². The number of para-hydroxylation sites is 4. The van der Waals surface area contributed by atoms with Gasteiger partial charge in [0.2, 0.25) is 5.95 Å². The van der Waals surface area contributed by atoms with E-state index in [-0.39, 0.29) is 0 Å². The van der Waals surface area contributed by atoms with E-state index >= 15 is 0 Å². The molecule has 0 atom stereocenters. The van der Waals surface area contributed by atoms with Crippen molar-refractivity contribution in [1.29, 1.82) is 0 Å². The zero-order valence-corrected chi connectivity index (χ0v) is 30.5. The summed E-state index contributed by atoms with van der Waals surface area (Å²) in [6, 6.07) is 64.9. The second-order valence-electron chi connectivity index (χ2n) is 15.0. The van der Waals surface area contributed by atoms with Gasteiger partial charge in [-0.2, -0.15) is 0 Å². The van der Waals surface area contributed by atoms with Crippen LogP contribution in [0.4, 0.5) is 0 Å². The molecule has 0 fully saturated rings. The van der Waals surface area contributed by atoms with Crippen molar-refractivity contribution < 1.29 is 4.42 Å². The lowest BCUT2D eigenvalue weighted by molar-refractivity contribution is 0.669. The number of benzene rings is 9. The minimum atomic E-state index is 0.636. The Morgan fingerprint density at radius 1 is 0.368 bits per heavy atom. The van der Waals surface area contributed by atoms with Gasteiger partial charge in [-0.15, -0.1) is 0 Å². The van der Waals surface area contributed by atoms with Gasteiger partial charge < -0.3 is 8.98 Å². The summed E-state index contributed by atoms with van der Waals surface area (Å²) < 4.78 is 10.9. The number of hydrogen-bond acceptors (Lipinski definition) is 3. The number of aromatic nitrogens is 4. The van der Waals surface area contributed by atoms with Crippen LogP contribution < -0.4 is 0 Å². The summed E-state index contributed by atoms with van der Waals surface area (Å²) >= 11 is 0. The van der Waals surface area contributed by atoms with E-state index in [1.165, 1.54) is 38.0 Å². The highest BCUT2D eigenvalue weighted by molar-refractivity contribution is 6.20. The number of nitrogens with zero attached hydrogens (tertiary/aromatic N) is 4. The van der Waals surface area contributed by atoms with Crippen LogP contribution in [0.15, 0.2) is 186 Å². The van der Waals surface area contributed by atoms with Gasteiger partial charge >= 0.3 is 0 Å². The highest BCUT2D eigenvalue weighted by Crippen LogP contribution is 2.42. The Morgan fingerprint density at radius 2 is 1.05 bits per heavy atom. The lowest BCUT2D eigenvalue weighted by Gasteiger charge is -2.14. The molecule has 0 saturated heterocycles. The molecule has 0 unspecified atom stereocenters. The Balaban J connectivity index is 1.09. The van der Waals surface area contributed by atoms with Crippen molar-refractivity contribution in [1.82, 2.24) is 19.1 Å².